The van der Waals surface area contributed by atoms with Crippen molar-refractivity contribution in [2.75, 3.05) is 6.61 Å². The zero-order valence-corrected chi connectivity index (χ0v) is 8.23. The van der Waals surface area contributed by atoms with Crippen LogP contribution >= 0.6 is 0 Å². The first-order chi connectivity index (χ1) is 6.57. The van der Waals surface area contributed by atoms with Crippen LogP contribution in [0.25, 0.3) is 0 Å². The first-order valence-electron chi connectivity index (χ1n) is 4.42. The summed E-state index contributed by atoms with van der Waals surface area (Å²) in [6, 6.07) is 4.93. The van der Waals surface area contributed by atoms with Crippen molar-refractivity contribution in [3.63, 3.8) is 0 Å². The van der Waals surface area contributed by atoms with Crippen LogP contribution in [0.4, 0.5) is 5.69 Å². The molecular formula is C10H13NO3. The number of nitrogens with zero attached hydrogens (tertiary/aromatic N) is 1. The molecule has 76 valence electrons. The first-order valence-corrected chi connectivity index (χ1v) is 4.42. The van der Waals surface area contributed by atoms with Gasteiger partial charge in [0.25, 0.3) is 5.69 Å². The van der Waals surface area contributed by atoms with E-state index < -0.39 is 4.92 Å². The van der Waals surface area contributed by atoms with Gasteiger partial charge in [-0.3, -0.25) is 10.1 Å². The lowest BCUT2D eigenvalue weighted by molar-refractivity contribution is -0.385. The highest BCUT2D eigenvalue weighted by atomic mass is 16.6. The normalized spacial score (nSPS) is 12.5. The predicted molar refractivity (Wildman–Crippen MR) is 53.3 cm³/mol. The van der Waals surface area contributed by atoms with E-state index in [1.54, 1.807) is 13.0 Å². The molecule has 0 bridgehead atoms. The van der Waals surface area contributed by atoms with Crippen LogP contribution in [0.2, 0.25) is 0 Å². The molecule has 1 rings (SSSR count). The molecule has 0 aliphatic heterocycles. The summed E-state index contributed by atoms with van der Waals surface area (Å²) in [7, 11) is 0. The minimum atomic E-state index is -0.400. The van der Waals surface area contributed by atoms with Crippen LogP contribution in [0.1, 0.15) is 24.0 Å². The summed E-state index contributed by atoms with van der Waals surface area (Å²) in [6.07, 6.45) is 0. The molecule has 14 heavy (non-hydrogen) atoms. The van der Waals surface area contributed by atoms with Gasteiger partial charge in [-0.25, -0.2) is 0 Å². The Labute approximate surface area is 82.3 Å². The molecule has 1 aromatic rings. The summed E-state index contributed by atoms with van der Waals surface area (Å²) < 4.78 is 0. The fraction of sp³-hybridized carbons (Fsp3) is 0.400. The summed E-state index contributed by atoms with van der Waals surface area (Å²) >= 11 is 0. The number of nitro benzene ring substituents is 1. The number of nitro groups is 1. The summed E-state index contributed by atoms with van der Waals surface area (Å²) in [5.41, 5.74) is 1.59. The van der Waals surface area contributed by atoms with Crippen molar-refractivity contribution in [3.05, 3.63) is 39.4 Å². The average Bonchev–Trinajstić information content (AvgIpc) is 2.16. The summed E-state index contributed by atoms with van der Waals surface area (Å²) in [4.78, 5) is 10.2. The molecule has 1 aromatic carbocycles. The molecule has 4 heteroatoms. The summed E-state index contributed by atoms with van der Waals surface area (Å²) in [5, 5.41) is 19.6. The van der Waals surface area contributed by atoms with Crippen LogP contribution in [-0.4, -0.2) is 16.6 Å². The van der Waals surface area contributed by atoms with Gasteiger partial charge in [0.15, 0.2) is 0 Å². The maximum absolute atomic E-state index is 10.6. The van der Waals surface area contributed by atoms with Crippen molar-refractivity contribution in [2.24, 2.45) is 0 Å². The minimum Gasteiger partial charge on any atom is -0.396 e. The number of hydrogen-bond donors (Lipinski definition) is 1. The maximum atomic E-state index is 10.6. The Bertz CT molecular complexity index is 349. The minimum absolute atomic E-state index is 0.00199. The second-order valence-corrected chi connectivity index (χ2v) is 3.33. The molecule has 0 unspecified atom stereocenters. The Hall–Kier alpha value is -1.42. The van der Waals surface area contributed by atoms with Crippen LogP contribution in [0.3, 0.4) is 0 Å². The van der Waals surface area contributed by atoms with E-state index >= 15 is 0 Å². The lowest BCUT2D eigenvalue weighted by Crippen LogP contribution is -2.03. The van der Waals surface area contributed by atoms with Crippen LogP contribution in [0.15, 0.2) is 18.2 Å². The van der Waals surface area contributed by atoms with Crippen molar-refractivity contribution in [1.29, 1.82) is 0 Å². The van der Waals surface area contributed by atoms with E-state index in [0.717, 1.165) is 5.56 Å². The van der Waals surface area contributed by atoms with Gasteiger partial charge in [-0.1, -0.05) is 19.1 Å². The first kappa shape index (κ1) is 10.7. The third-order valence-electron chi connectivity index (χ3n) is 2.35. The molecule has 0 heterocycles. The van der Waals surface area contributed by atoms with Gasteiger partial charge in [0.2, 0.25) is 0 Å². The highest BCUT2D eigenvalue weighted by Gasteiger charge is 2.16. The molecule has 0 spiro atoms. The Morgan fingerprint density at radius 2 is 2.21 bits per heavy atom. The number of rotatable bonds is 3. The molecule has 0 aliphatic rings. The maximum Gasteiger partial charge on any atom is 0.272 e. The number of aliphatic hydroxyl groups is 1. The molecule has 0 amide bonds. The van der Waals surface area contributed by atoms with E-state index in [9.17, 15) is 10.1 Å². The van der Waals surface area contributed by atoms with Gasteiger partial charge < -0.3 is 5.11 Å². The van der Waals surface area contributed by atoms with Gasteiger partial charge >= 0.3 is 0 Å². The monoisotopic (exact) mass is 195 g/mol. The van der Waals surface area contributed by atoms with E-state index in [0.29, 0.717) is 5.56 Å². The molecule has 0 radical (unpaired) electrons. The molecular weight excluding hydrogens is 182 g/mol. The third-order valence-corrected chi connectivity index (χ3v) is 2.35. The largest absolute Gasteiger partial charge is 0.396 e. The fourth-order valence-corrected chi connectivity index (χ4v) is 1.47. The van der Waals surface area contributed by atoms with Crippen LogP contribution < -0.4 is 0 Å². The predicted octanol–water partition coefficient (Wildman–Crippen LogP) is 2.00. The number of hydrogen-bond acceptors (Lipinski definition) is 3. The third kappa shape index (κ3) is 1.90. The van der Waals surface area contributed by atoms with Crippen molar-refractivity contribution < 1.29 is 10.0 Å². The zero-order valence-electron chi connectivity index (χ0n) is 8.23. The molecule has 1 N–H and O–H groups in total. The van der Waals surface area contributed by atoms with E-state index in [4.69, 9.17) is 5.11 Å². The van der Waals surface area contributed by atoms with E-state index in [1.807, 2.05) is 13.0 Å². The second kappa shape index (κ2) is 4.19. The molecule has 0 fully saturated rings. The Kier molecular flexibility index (Phi) is 3.19. The van der Waals surface area contributed by atoms with Gasteiger partial charge in [-0.15, -0.1) is 0 Å². The second-order valence-electron chi connectivity index (χ2n) is 3.33. The number of benzene rings is 1. The lowest BCUT2D eigenvalue weighted by Gasteiger charge is -2.11. The van der Waals surface area contributed by atoms with E-state index in [-0.39, 0.29) is 18.2 Å². The van der Waals surface area contributed by atoms with E-state index in [1.165, 1.54) is 6.07 Å². The molecule has 0 aliphatic carbocycles. The Morgan fingerprint density at radius 3 is 2.71 bits per heavy atom. The van der Waals surface area contributed by atoms with Crippen molar-refractivity contribution in [2.45, 2.75) is 19.8 Å². The molecule has 0 saturated carbocycles. The quantitative estimate of drug-likeness (QED) is 0.592. The van der Waals surface area contributed by atoms with Gasteiger partial charge in [0.05, 0.1) is 4.92 Å². The van der Waals surface area contributed by atoms with Crippen molar-refractivity contribution in [3.8, 4) is 0 Å². The van der Waals surface area contributed by atoms with Crippen LogP contribution in [-0.2, 0) is 0 Å². The number of aliphatic hydroxyl groups excluding tert-OH is 1. The lowest BCUT2D eigenvalue weighted by atomic mass is 9.96. The molecule has 1 atom stereocenters. The highest BCUT2D eigenvalue weighted by Crippen LogP contribution is 2.26. The standard InChI is InChI=1S/C10H13NO3/c1-7(6-12)9-4-3-5-10(8(9)2)11(13)14/h3-5,7,12H,6H2,1-2H3/t7-/m1/s1. The zero-order chi connectivity index (χ0) is 10.7. The smallest absolute Gasteiger partial charge is 0.272 e. The van der Waals surface area contributed by atoms with Crippen LogP contribution in [0.5, 0.6) is 0 Å². The Morgan fingerprint density at radius 1 is 1.57 bits per heavy atom. The Balaban J connectivity index is 3.20. The van der Waals surface area contributed by atoms with Gasteiger partial charge in [-0.05, 0) is 12.5 Å². The highest BCUT2D eigenvalue weighted by molar-refractivity contribution is 5.45. The fourth-order valence-electron chi connectivity index (χ4n) is 1.47. The van der Waals surface area contributed by atoms with Gasteiger partial charge in [0.1, 0.15) is 0 Å². The van der Waals surface area contributed by atoms with E-state index in [2.05, 4.69) is 0 Å². The molecule has 4 nitrogen and oxygen atoms in total. The van der Waals surface area contributed by atoms with Crippen molar-refractivity contribution in [1.82, 2.24) is 0 Å². The van der Waals surface area contributed by atoms with Gasteiger partial charge in [-0.2, -0.15) is 0 Å². The molecule has 0 saturated heterocycles. The molecule has 0 aromatic heterocycles. The summed E-state index contributed by atoms with van der Waals surface area (Å²) in [6.45, 7) is 3.55. The average molecular weight is 195 g/mol. The van der Waals surface area contributed by atoms with Gasteiger partial charge in [0, 0.05) is 24.2 Å². The topological polar surface area (TPSA) is 63.4 Å². The SMILES string of the molecule is Cc1c([C@H](C)CO)cccc1[N+](=O)[O-]. The summed E-state index contributed by atoms with van der Waals surface area (Å²) in [5.74, 6) is -0.0603. The van der Waals surface area contributed by atoms with Crippen LogP contribution in [0, 0.1) is 17.0 Å². The van der Waals surface area contributed by atoms with Crippen molar-refractivity contribution >= 4 is 5.69 Å².